The number of aliphatic carboxylic acids is 1. The van der Waals surface area contributed by atoms with Crippen LogP contribution in [0.3, 0.4) is 0 Å². The van der Waals surface area contributed by atoms with Gasteiger partial charge in [-0.3, -0.25) is 9.59 Å². The molecule has 2 atom stereocenters. The number of carbonyl (C=O) groups is 3. The first kappa shape index (κ1) is 35.4. The second kappa shape index (κ2) is 13.9. The molecule has 2 aromatic carbocycles. The molecule has 0 aliphatic carbocycles. The number of nitrogens with one attached hydrogen (secondary N) is 1. The summed E-state index contributed by atoms with van der Waals surface area (Å²) in [6, 6.07) is 7.64. The second-order valence-electron chi connectivity index (χ2n) is 10.7. The molecule has 2 N–H and O–H groups in total. The van der Waals surface area contributed by atoms with Gasteiger partial charge >= 0.3 is 24.3 Å². The van der Waals surface area contributed by atoms with Gasteiger partial charge in [0.05, 0.1) is 40.2 Å². The van der Waals surface area contributed by atoms with Gasteiger partial charge < -0.3 is 19.7 Å². The van der Waals surface area contributed by atoms with Gasteiger partial charge in [0.1, 0.15) is 24.2 Å². The van der Waals surface area contributed by atoms with Crippen molar-refractivity contribution < 1.29 is 55.0 Å². The highest BCUT2D eigenvalue weighted by atomic mass is 19.4. The number of hydrogen-bond donors (Lipinski definition) is 2. The Balaban J connectivity index is 1.49. The molecule has 0 fully saturated rings. The third-order valence-corrected chi connectivity index (χ3v) is 7.24. The topological polar surface area (TPSA) is 149 Å². The first-order valence-electron chi connectivity index (χ1n) is 14.4. The fraction of sp³-hybridized carbons (Fsp3) is 0.219. The van der Waals surface area contributed by atoms with Gasteiger partial charge in [0.15, 0.2) is 11.9 Å². The Bertz CT molecular complexity index is 2010. The molecule has 2 aliphatic rings. The largest absolute Gasteiger partial charge is 0.480 e. The number of halogens is 7. The number of imidazole rings is 1. The van der Waals surface area contributed by atoms with Crippen LogP contribution in [0.15, 0.2) is 73.1 Å². The van der Waals surface area contributed by atoms with Crippen molar-refractivity contribution in [3.8, 4) is 34.0 Å². The van der Waals surface area contributed by atoms with Gasteiger partial charge in [0, 0.05) is 18.0 Å². The zero-order chi connectivity index (χ0) is 36.4. The fourth-order valence-corrected chi connectivity index (χ4v) is 4.75. The molecule has 260 valence electrons. The Hall–Kier alpha value is -5.94. The number of amides is 1. The lowest BCUT2D eigenvalue weighted by molar-refractivity contribution is -0.148. The highest BCUT2D eigenvalue weighted by Crippen LogP contribution is 2.40. The summed E-state index contributed by atoms with van der Waals surface area (Å²) in [5, 5.41) is 18.8. The maximum atomic E-state index is 14.4. The van der Waals surface area contributed by atoms with E-state index >= 15 is 0 Å². The minimum Gasteiger partial charge on any atom is -0.480 e. The first-order chi connectivity index (χ1) is 23.5. The summed E-state index contributed by atoms with van der Waals surface area (Å²) in [6.07, 6.45) is -7.96. The molecule has 2 aliphatic heterocycles. The molecule has 18 heteroatoms. The van der Waals surface area contributed by atoms with Crippen LogP contribution in [0.25, 0.3) is 34.0 Å². The number of carboxylic acid groups (broad SMARTS) is 1. The van der Waals surface area contributed by atoms with E-state index in [-0.39, 0.29) is 28.8 Å². The second-order valence-corrected chi connectivity index (χ2v) is 10.7. The maximum absolute atomic E-state index is 14.4. The van der Waals surface area contributed by atoms with Crippen LogP contribution in [-0.4, -0.2) is 60.3 Å². The number of fused-ring (bicyclic) bond motifs is 1. The number of pyridine rings is 1. The summed E-state index contributed by atoms with van der Waals surface area (Å²) in [6.45, 7) is 0.708. The van der Waals surface area contributed by atoms with Crippen LogP contribution in [-0.2, 0) is 31.5 Å². The molecule has 0 saturated heterocycles. The average molecular weight is 705 g/mol. The van der Waals surface area contributed by atoms with Gasteiger partial charge in [-0.1, -0.05) is 18.2 Å². The Morgan fingerprint density at radius 3 is 2.24 bits per heavy atom. The van der Waals surface area contributed by atoms with E-state index in [4.69, 9.17) is 9.84 Å². The third-order valence-electron chi connectivity index (χ3n) is 7.24. The number of aromatic nitrogens is 5. The highest BCUT2D eigenvalue weighted by Gasteiger charge is 2.39. The Kier molecular flexibility index (Phi) is 9.82. The number of alkyl halides is 6. The predicted octanol–water partition coefficient (Wildman–Crippen LogP) is 5.80. The average Bonchev–Trinajstić information content (AvgIpc) is 3.47. The number of carboxylic acids is 1. The van der Waals surface area contributed by atoms with Crippen molar-refractivity contribution in [2.24, 2.45) is 0 Å². The smallest absolute Gasteiger partial charge is 0.417 e. The number of ether oxygens (including phenoxy) is 1. The summed E-state index contributed by atoms with van der Waals surface area (Å²) in [5.41, 5.74) is -3.89. The molecule has 5 rings (SSSR count). The SMILES string of the molecule is CC(NC(=O)CCOC(=O)C(c1ccc(-c2ccc(C(F)(F)F)cc2C(F)(F)F)nn1)n1ccc2nc(-c3ccccc3F)nc-2c1)C(=O)O. The fourth-order valence-electron chi connectivity index (χ4n) is 4.75. The predicted molar refractivity (Wildman–Crippen MR) is 158 cm³/mol. The number of nitrogens with zero attached hydrogens (tertiary/aromatic N) is 5. The van der Waals surface area contributed by atoms with Crippen LogP contribution in [0.1, 0.15) is 36.2 Å². The van der Waals surface area contributed by atoms with Gasteiger partial charge in [-0.25, -0.2) is 19.2 Å². The first-order valence-corrected chi connectivity index (χ1v) is 14.4. The molecule has 50 heavy (non-hydrogen) atoms. The van der Waals surface area contributed by atoms with Crippen molar-refractivity contribution in [3.05, 3.63) is 95.7 Å². The molecule has 3 heterocycles. The van der Waals surface area contributed by atoms with Crippen molar-refractivity contribution in [2.45, 2.75) is 37.8 Å². The summed E-state index contributed by atoms with van der Waals surface area (Å²) in [5.74, 6) is -3.62. The highest BCUT2D eigenvalue weighted by molar-refractivity contribution is 5.83. The molecule has 0 spiro atoms. The van der Waals surface area contributed by atoms with Crippen molar-refractivity contribution in [3.63, 3.8) is 0 Å². The van der Waals surface area contributed by atoms with Crippen LogP contribution in [0.2, 0.25) is 0 Å². The van der Waals surface area contributed by atoms with Crippen LogP contribution in [0.5, 0.6) is 0 Å². The summed E-state index contributed by atoms with van der Waals surface area (Å²) in [4.78, 5) is 45.2. The molecule has 0 saturated carbocycles. The van der Waals surface area contributed by atoms with E-state index in [9.17, 15) is 45.1 Å². The Morgan fingerprint density at radius 2 is 1.60 bits per heavy atom. The summed E-state index contributed by atoms with van der Waals surface area (Å²) < 4.78 is 102. The van der Waals surface area contributed by atoms with Crippen molar-refractivity contribution >= 4 is 17.8 Å². The van der Waals surface area contributed by atoms with E-state index in [0.29, 0.717) is 17.8 Å². The van der Waals surface area contributed by atoms with Gasteiger partial charge in [0.2, 0.25) is 5.91 Å². The zero-order valence-electron chi connectivity index (χ0n) is 25.5. The minimum absolute atomic E-state index is 0.0396. The number of esters is 1. The van der Waals surface area contributed by atoms with Crippen LogP contribution in [0, 0.1) is 5.82 Å². The molecular formula is C32H23F7N6O5. The lowest BCUT2D eigenvalue weighted by atomic mass is 10.00. The molecule has 3 aromatic rings. The quantitative estimate of drug-likeness (QED) is 0.136. The Labute approximate surface area is 277 Å². The number of hydrogen-bond acceptors (Lipinski definition) is 8. The maximum Gasteiger partial charge on any atom is 0.417 e. The van der Waals surface area contributed by atoms with Crippen molar-refractivity contribution in [1.82, 2.24) is 30.0 Å². The third kappa shape index (κ3) is 7.85. The van der Waals surface area contributed by atoms with E-state index < -0.39 is 83.5 Å². The molecular weight excluding hydrogens is 681 g/mol. The molecule has 0 bridgehead atoms. The monoisotopic (exact) mass is 704 g/mol. The van der Waals surface area contributed by atoms with E-state index in [2.05, 4.69) is 25.5 Å². The molecule has 2 unspecified atom stereocenters. The number of benzene rings is 2. The van der Waals surface area contributed by atoms with E-state index in [1.54, 1.807) is 6.07 Å². The van der Waals surface area contributed by atoms with Gasteiger partial charge in [-0.2, -0.15) is 36.5 Å². The molecule has 1 aromatic heterocycles. The standard InChI is InChI=1S/C32H23F7N6O5/c1-16(29(47)48)40-26(46)11-13-50-30(49)27(45-12-10-23-25(15-45)42-28(41-23)19-4-2-3-5-21(19)33)24-9-8-22(43-44-24)18-7-6-17(31(34,35)36)14-20(18)32(37,38)39/h2-10,12,14-16,27H,11,13H2,1H3,(H,40,46)(H,47,48). The van der Waals surface area contributed by atoms with Crippen molar-refractivity contribution in [2.75, 3.05) is 6.61 Å². The zero-order valence-corrected chi connectivity index (χ0v) is 25.5. The minimum atomic E-state index is -5.19. The summed E-state index contributed by atoms with van der Waals surface area (Å²) >= 11 is 0. The van der Waals surface area contributed by atoms with E-state index in [0.717, 1.165) is 12.1 Å². The number of rotatable bonds is 10. The summed E-state index contributed by atoms with van der Waals surface area (Å²) in [7, 11) is 0. The normalized spacial score (nSPS) is 13.1. The lowest BCUT2D eigenvalue weighted by Crippen LogP contribution is -2.38. The lowest BCUT2D eigenvalue weighted by Gasteiger charge is -2.20. The Morgan fingerprint density at radius 1 is 0.880 bits per heavy atom. The van der Waals surface area contributed by atoms with Gasteiger partial charge in [-0.15, -0.1) is 0 Å². The van der Waals surface area contributed by atoms with Gasteiger partial charge in [0.25, 0.3) is 0 Å². The van der Waals surface area contributed by atoms with Crippen LogP contribution in [0.4, 0.5) is 30.7 Å². The number of carbonyl (C=O) groups excluding carboxylic acids is 2. The van der Waals surface area contributed by atoms with Gasteiger partial charge in [-0.05, 0) is 49.4 Å². The van der Waals surface area contributed by atoms with Crippen molar-refractivity contribution in [1.29, 1.82) is 0 Å². The van der Waals surface area contributed by atoms with E-state index in [1.165, 1.54) is 48.1 Å². The van der Waals surface area contributed by atoms with Crippen LogP contribution >= 0.6 is 0 Å². The molecule has 1 amide bonds. The molecule has 11 nitrogen and oxygen atoms in total. The van der Waals surface area contributed by atoms with E-state index in [1.807, 2.05) is 0 Å². The van der Waals surface area contributed by atoms with Crippen LogP contribution < -0.4 is 5.32 Å². The molecule has 0 radical (unpaired) electrons.